The Bertz CT molecular complexity index is 1430. The second-order valence-electron chi connectivity index (χ2n) is 8.11. The zero-order valence-electron chi connectivity index (χ0n) is 18.3. The normalized spacial score (nSPS) is 12.6. The van der Waals surface area contributed by atoms with Crippen LogP contribution in [0.4, 0.5) is 20.4 Å². The number of furan rings is 1. The minimum absolute atomic E-state index is 0.0444. The second kappa shape index (κ2) is 9.10. The molecule has 0 saturated heterocycles. The van der Waals surface area contributed by atoms with Gasteiger partial charge in [0.15, 0.2) is 11.4 Å². The molecule has 4 aromatic heterocycles. The van der Waals surface area contributed by atoms with E-state index in [0.29, 0.717) is 36.0 Å². The van der Waals surface area contributed by atoms with Crippen molar-refractivity contribution in [3.05, 3.63) is 60.5 Å². The molecule has 0 radical (unpaired) electrons. The zero-order valence-corrected chi connectivity index (χ0v) is 18.3. The monoisotopic (exact) mass is 466 g/mol. The van der Waals surface area contributed by atoms with E-state index in [9.17, 15) is 8.78 Å². The molecular weight excluding hydrogens is 442 g/mol. The van der Waals surface area contributed by atoms with Gasteiger partial charge < -0.3 is 25.8 Å². The van der Waals surface area contributed by atoms with Crippen LogP contribution in [0.2, 0.25) is 0 Å². The number of nitrogen functional groups attached to an aromatic ring is 1. The van der Waals surface area contributed by atoms with Gasteiger partial charge in [0, 0.05) is 31.4 Å². The summed E-state index contributed by atoms with van der Waals surface area (Å²) in [6, 6.07) is 8.93. The molecule has 4 heterocycles. The molecule has 9 nitrogen and oxygen atoms in total. The van der Waals surface area contributed by atoms with Crippen LogP contribution in [0.15, 0.2) is 53.3 Å². The van der Waals surface area contributed by atoms with Gasteiger partial charge in [-0.05, 0) is 49.6 Å². The van der Waals surface area contributed by atoms with E-state index in [1.807, 2.05) is 16.8 Å². The average molecular weight is 466 g/mol. The third-order valence-electron chi connectivity index (χ3n) is 5.70. The molecule has 0 saturated carbocycles. The van der Waals surface area contributed by atoms with Gasteiger partial charge in [0.05, 0.1) is 17.3 Å². The lowest BCUT2D eigenvalue weighted by Crippen LogP contribution is -2.23. The van der Waals surface area contributed by atoms with Crippen molar-refractivity contribution >= 4 is 28.3 Å². The molecule has 5 N–H and O–H groups in total. The van der Waals surface area contributed by atoms with Crippen molar-refractivity contribution in [3.63, 3.8) is 0 Å². The van der Waals surface area contributed by atoms with Gasteiger partial charge in [0.1, 0.15) is 17.3 Å². The van der Waals surface area contributed by atoms with Crippen molar-refractivity contribution in [2.45, 2.75) is 31.8 Å². The van der Waals surface area contributed by atoms with Gasteiger partial charge in [0.25, 0.3) is 0 Å². The fourth-order valence-electron chi connectivity index (χ4n) is 3.93. The number of fused-ring (bicyclic) bond motifs is 3. The maximum atomic E-state index is 13.7. The van der Waals surface area contributed by atoms with E-state index in [-0.39, 0.29) is 17.7 Å². The minimum atomic E-state index is -0.603. The number of anilines is 2. The van der Waals surface area contributed by atoms with Crippen LogP contribution in [0.3, 0.4) is 0 Å². The number of aryl methyl sites for hydroxylation is 1. The Morgan fingerprint density at radius 3 is 2.76 bits per heavy atom. The van der Waals surface area contributed by atoms with Crippen LogP contribution < -0.4 is 16.8 Å². The summed E-state index contributed by atoms with van der Waals surface area (Å²) in [6.07, 6.45) is 5.74. The van der Waals surface area contributed by atoms with Gasteiger partial charge in [-0.25, -0.2) is 13.8 Å². The molecule has 11 heteroatoms. The van der Waals surface area contributed by atoms with Crippen molar-refractivity contribution in [2.75, 3.05) is 17.6 Å². The van der Waals surface area contributed by atoms with E-state index in [0.717, 1.165) is 30.7 Å². The second-order valence-corrected chi connectivity index (χ2v) is 8.11. The number of nitrogens with one attached hydrogen (secondary N) is 1. The highest BCUT2D eigenvalue weighted by Gasteiger charge is 2.17. The first-order valence-corrected chi connectivity index (χ1v) is 11.0. The van der Waals surface area contributed by atoms with Crippen molar-refractivity contribution in [2.24, 2.45) is 5.73 Å². The number of hydrogen-bond acceptors (Lipinski definition) is 7. The van der Waals surface area contributed by atoms with Crippen LogP contribution in [0.5, 0.6) is 0 Å². The fraction of sp³-hybridized carbons (Fsp3) is 0.261. The number of nitrogens with zero attached hydrogens (tertiary/aromatic N) is 5. The average Bonchev–Trinajstić information content (AvgIpc) is 3.55. The molecule has 1 aromatic carbocycles. The summed E-state index contributed by atoms with van der Waals surface area (Å²) >= 11 is 0. The molecule has 0 bridgehead atoms. The van der Waals surface area contributed by atoms with Gasteiger partial charge in [-0.2, -0.15) is 9.50 Å². The minimum Gasteiger partial charge on any atom is -0.461 e. The van der Waals surface area contributed by atoms with Gasteiger partial charge >= 0.3 is 0 Å². The molecule has 34 heavy (non-hydrogen) atoms. The Hall–Kier alpha value is -3.99. The van der Waals surface area contributed by atoms with Crippen LogP contribution in [0.1, 0.15) is 19.3 Å². The van der Waals surface area contributed by atoms with Crippen molar-refractivity contribution < 1.29 is 13.2 Å². The maximum absolute atomic E-state index is 13.7. The Morgan fingerprint density at radius 1 is 1.09 bits per heavy atom. The quantitative estimate of drug-likeness (QED) is 0.282. The predicted molar refractivity (Wildman–Crippen MR) is 125 cm³/mol. The third kappa shape index (κ3) is 4.29. The molecule has 0 aliphatic heterocycles. The van der Waals surface area contributed by atoms with E-state index < -0.39 is 11.6 Å². The Morgan fingerprint density at radius 2 is 1.97 bits per heavy atom. The number of aromatic nitrogens is 5. The molecule has 0 aliphatic rings. The summed E-state index contributed by atoms with van der Waals surface area (Å²) in [4.78, 5) is 9.10. The first kappa shape index (κ1) is 21.8. The topological polar surface area (TPSA) is 125 Å². The maximum Gasteiger partial charge on any atom is 0.225 e. The zero-order chi connectivity index (χ0) is 23.7. The molecule has 5 aromatic rings. The van der Waals surface area contributed by atoms with Crippen molar-refractivity contribution in [3.8, 4) is 11.6 Å². The lowest BCUT2D eigenvalue weighted by molar-refractivity contribution is 0.510. The summed E-state index contributed by atoms with van der Waals surface area (Å²) in [6.45, 7) is 1.20. The summed E-state index contributed by atoms with van der Waals surface area (Å²) < 4.78 is 35.6. The molecule has 5 rings (SSSR count). The number of halogens is 2. The van der Waals surface area contributed by atoms with Crippen LogP contribution in [-0.2, 0) is 6.54 Å². The first-order valence-electron chi connectivity index (χ1n) is 11.0. The van der Waals surface area contributed by atoms with Gasteiger partial charge in [-0.3, -0.25) is 0 Å². The van der Waals surface area contributed by atoms with E-state index >= 15 is 0 Å². The molecular formula is C23H24F2N8O. The highest BCUT2D eigenvalue weighted by Crippen LogP contribution is 2.24. The SMILES string of the molecule is Nc1nc2c(ccn2CCC(N)CCCNc2ccc(F)cc2F)c2nc(-c3ccco3)nn12. The molecule has 0 amide bonds. The highest BCUT2D eigenvalue weighted by atomic mass is 19.1. The van der Waals surface area contributed by atoms with E-state index in [1.54, 1.807) is 18.4 Å². The summed E-state index contributed by atoms with van der Waals surface area (Å²) in [5.41, 5.74) is 14.0. The summed E-state index contributed by atoms with van der Waals surface area (Å²) in [5.74, 6) is 0.0274. The van der Waals surface area contributed by atoms with E-state index in [4.69, 9.17) is 15.9 Å². The summed E-state index contributed by atoms with van der Waals surface area (Å²) in [7, 11) is 0. The third-order valence-corrected chi connectivity index (χ3v) is 5.70. The lowest BCUT2D eigenvalue weighted by Gasteiger charge is -2.13. The smallest absolute Gasteiger partial charge is 0.225 e. The van der Waals surface area contributed by atoms with E-state index in [2.05, 4.69) is 20.4 Å². The summed E-state index contributed by atoms with van der Waals surface area (Å²) in [5, 5.41) is 8.22. The molecule has 0 aliphatic carbocycles. The largest absolute Gasteiger partial charge is 0.461 e. The molecule has 176 valence electrons. The van der Waals surface area contributed by atoms with Gasteiger partial charge in [-0.1, -0.05) is 0 Å². The van der Waals surface area contributed by atoms with Crippen LogP contribution in [-0.4, -0.2) is 36.7 Å². The Kier molecular flexibility index (Phi) is 5.84. The van der Waals surface area contributed by atoms with Crippen molar-refractivity contribution in [1.82, 2.24) is 24.1 Å². The van der Waals surface area contributed by atoms with E-state index in [1.165, 1.54) is 16.6 Å². The Labute approximate surface area is 193 Å². The Balaban J connectivity index is 1.21. The van der Waals surface area contributed by atoms with Crippen molar-refractivity contribution in [1.29, 1.82) is 0 Å². The lowest BCUT2D eigenvalue weighted by atomic mass is 10.1. The number of benzene rings is 1. The number of rotatable bonds is 9. The molecule has 0 spiro atoms. The number of hydrogen-bond donors (Lipinski definition) is 3. The first-order chi connectivity index (χ1) is 16.5. The predicted octanol–water partition coefficient (Wildman–Crippen LogP) is 3.81. The highest BCUT2D eigenvalue weighted by molar-refractivity contribution is 5.91. The van der Waals surface area contributed by atoms with Gasteiger partial charge in [-0.15, -0.1) is 5.10 Å². The van der Waals surface area contributed by atoms with Crippen LogP contribution >= 0.6 is 0 Å². The van der Waals surface area contributed by atoms with Crippen LogP contribution in [0, 0.1) is 11.6 Å². The van der Waals surface area contributed by atoms with Crippen LogP contribution in [0.25, 0.3) is 28.3 Å². The number of nitrogens with two attached hydrogens (primary N) is 2. The fourth-order valence-corrected chi connectivity index (χ4v) is 3.93. The molecule has 0 fully saturated rings. The standard InChI is InChI=1S/C23H24F2N8O/c24-14-5-6-18(17(25)13-14)28-9-1-3-15(26)7-10-32-11-8-16-21(32)30-23(27)33-22(16)29-20(31-33)19-4-2-12-34-19/h2,4-6,8,11-13,15,28H,1,3,7,9-10,26H2,(H2,27,30). The molecule has 1 atom stereocenters. The molecule has 1 unspecified atom stereocenters. The van der Waals surface area contributed by atoms with Gasteiger partial charge in [0.2, 0.25) is 11.8 Å².